The van der Waals surface area contributed by atoms with Crippen molar-refractivity contribution in [3.8, 4) is 5.75 Å². The standard InChI is InChI=1S/C19H21N5O4/c1-10(11-8-6-5-7-9-11)20-12-13(16(26)15(12)25)21-18-17(27)14(24(4)22-18)19(28)23(2)3/h5-10,20,27H,1-4H3,(H,21,22)/t10-/m1/s1. The highest BCUT2D eigenvalue weighted by atomic mass is 16.3. The average Bonchev–Trinajstić information content (AvgIpc) is 2.97. The topological polar surface area (TPSA) is 117 Å². The van der Waals surface area contributed by atoms with Gasteiger partial charge in [0.1, 0.15) is 11.4 Å². The Labute approximate surface area is 160 Å². The zero-order valence-corrected chi connectivity index (χ0v) is 16.0. The minimum Gasteiger partial charge on any atom is -0.503 e. The molecule has 0 saturated carbocycles. The second-order valence-electron chi connectivity index (χ2n) is 6.68. The molecule has 1 aromatic heterocycles. The molecule has 0 aliphatic rings. The summed E-state index contributed by atoms with van der Waals surface area (Å²) in [6.45, 7) is 1.86. The van der Waals surface area contributed by atoms with Crippen molar-refractivity contribution >= 4 is 23.1 Å². The summed E-state index contributed by atoms with van der Waals surface area (Å²) < 4.78 is 1.21. The van der Waals surface area contributed by atoms with Gasteiger partial charge in [0.05, 0.1) is 0 Å². The Balaban J connectivity index is 1.88. The molecular formula is C19H21N5O4. The van der Waals surface area contributed by atoms with Crippen LogP contribution in [0.4, 0.5) is 17.2 Å². The molecule has 0 radical (unpaired) electrons. The molecule has 0 unspecified atom stereocenters. The van der Waals surface area contributed by atoms with Crippen molar-refractivity contribution in [1.82, 2.24) is 14.7 Å². The SMILES string of the molecule is C[C@@H](Nc1c(Nc2nn(C)c(C(=O)N(C)C)c2O)c(=O)c1=O)c1ccccc1. The number of nitrogens with zero attached hydrogens (tertiary/aromatic N) is 3. The van der Waals surface area contributed by atoms with Gasteiger partial charge in [-0.1, -0.05) is 30.3 Å². The summed E-state index contributed by atoms with van der Waals surface area (Å²) in [6, 6.07) is 9.23. The summed E-state index contributed by atoms with van der Waals surface area (Å²) >= 11 is 0. The Hall–Kier alpha value is -3.62. The van der Waals surface area contributed by atoms with Crippen molar-refractivity contribution in [2.45, 2.75) is 13.0 Å². The lowest BCUT2D eigenvalue weighted by atomic mass is 10.1. The Morgan fingerprint density at radius 1 is 1.14 bits per heavy atom. The number of anilines is 3. The minimum atomic E-state index is -0.715. The molecule has 0 saturated heterocycles. The number of hydrogen-bond donors (Lipinski definition) is 3. The average molecular weight is 383 g/mol. The second kappa shape index (κ2) is 7.18. The highest BCUT2D eigenvalue weighted by Gasteiger charge is 2.28. The number of carbonyl (C=O) groups is 1. The molecule has 3 aromatic rings. The molecule has 3 rings (SSSR count). The van der Waals surface area contributed by atoms with Gasteiger partial charge in [0.25, 0.3) is 16.8 Å². The molecule has 0 spiro atoms. The molecule has 0 aliphatic carbocycles. The second-order valence-corrected chi connectivity index (χ2v) is 6.68. The summed E-state index contributed by atoms with van der Waals surface area (Å²) in [7, 11) is 4.59. The predicted octanol–water partition coefficient (Wildman–Crippen LogP) is 1.34. The number of carbonyl (C=O) groups excluding carboxylic acids is 1. The molecule has 1 heterocycles. The van der Waals surface area contributed by atoms with Crippen molar-refractivity contribution in [3.05, 3.63) is 62.0 Å². The first kappa shape index (κ1) is 19.2. The maximum Gasteiger partial charge on any atom is 0.275 e. The van der Waals surface area contributed by atoms with Gasteiger partial charge in [-0.15, -0.1) is 0 Å². The third kappa shape index (κ3) is 3.22. The molecule has 3 N–H and O–H groups in total. The zero-order chi connectivity index (χ0) is 20.6. The van der Waals surface area contributed by atoms with Crippen molar-refractivity contribution < 1.29 is 9.90 Å². The first-order chi connectivity index (χ1) is 13.2. The maximum absolute atomic E-state index is 12.2. The smallest absolute Gasteiger partial charge is 0.275 e. The van der Waals surface area contributed by atoms with E-state index in [1.54, 1.807) is 14.1 Å². The third-order valence-corrected chi connectivity index (χ3v) is 4.45. The van der Waals surface area contributed by atoms with E-state index in [9.17, 15) is 19.5 Å². The van der Waals surface area contributed by atoms with Crippen LogP contribution in [0.15, 0.2) is 39.9 Å². The number of hydrogen-bond acceptors (Lipinski definition) is 7. The molecule has 0 aliphatic heterocycles. The van der Waals surface area contributed by atoms with Crippen molar-refractivity contribution in [2.75, 3.05) is 24.7 Å². The highest BCUT2D eigenvalue weighted by Crippen LogP contribution is 2.32. The third-order valence-electron chi connectivity index (χ3n) is 4.45. The Morgan fingerprint density at radius 3 is 2.36 bits per heavy atom. The Morgan fingerprint density at radius 2 is 1.75 bits per heavy atom. The maximum atomic E-state index is 12.2. The number of aromatic nitrogens is 2. The Bertz CT molecular complexity index is 1090. The van der Waals surface area contributed by atoms with Gasteiger partial charge >= 0.3 is 0 Å². The van der Waals surface area contributed by atoms with Crippen LogP contribution in [0.3, 0.4) is 0 Å². The Kier molecular flexibility index (Phi) is 4.91. The van der Waals surface area contributed by atoms with Crippen molar-refractivity contribution in [2.24, 2.45) is 7.05 Å². The normalized spacial score (nSPS) is 12.0. The number of aryl methyl sites for hydroxylation is 1. The minimum absolute atomic E-state index is 0.00466. The lowest BCUT2D eigenvalue weighted by molar-refractivity contribution is 0.0814. The quantitative estimate of drug-likeness (QED) is 0.550. The van der Waals surface area contributed by atoms with Crippen molar-refractivity contribution in [1.29, 1.82) is 0 Å². The zero-order valence-electron chi connectivity index (χ0n) is 16.0. The molecule has 2 aromatic carbocycles. The molecule has 9 nitrogen and oxygen atoms in total. The fourth-order valence-electron chi connectivity index (χ4n) is 2.86. The fourth-order valence-corrected chi connectivity index (χ4v) is 2.86. The van der Waals surface area contributed by atoms with E-state index in [0.717, 1.165) is 5.56 Å². The van der Waals surface area contributed by atoms with Gasteiger partial charge in [-0.3, -0.25) is 19.1 Å². The fraction of sp³-hybridized carbons (Fsp3) is 0.263. The van der Waals surface area contributed by atoms with Crippen LogP contribution < -0.4 is 21.5 Å². The van der Waals surface area contributed by atoms with Gasteiger partial charge < -0.3 is 20.6 Å². The molecule has 0 fully saturated rings. The summed E-state index contributed by atoms with van der Waals surface area (Å²) in [6.07, 6.45) is 0. The molecule has 28 heavy (non-hydrogen) atoms. The first-order valence-corrected chi connectivity index (χ1v) is 8.61. The molecule has 1 atom stereocenters. The van der Waals surface area contributed by atoms with E-state index in [1.807, 2.05) is 37.3 Å². The predicted molar refractivity (Wildman–Crippen MR) is 106 cm³/mol. The van der Waals surface area contributed by atoms with E-state index in [0.29, 0.717) is 0 Å². The number of amides is 1. The largest absolute Gasteiger partial charge is 0.503 e. The van der Waals surface area contributed by atoms with E-state index in [1.165, 1.54) is 16.6 Å². The van der Waals surface area contributed by atoms with Crippen LogP contribution in [0.25, 0.3) is 0 Å². The van der Waals surface area contributed by atoms with Crippen LogP contribution >= 0.6 is 0 Å². The molecule has 9 heteroatoms. The van der Waals surface area contributed by atoms with E-state index < -0.39 is 22.5 Å². The van der Waals surface area contributed by atoms with Crippen LogP contribution in [0.5, 0.6) is 5.75 Å². The van der Waals surface area contributed by atoms with Crippen LogP contribution in [0, 0.1) is 0 Å². The van der Waals surface area contributed by atoms with Gasteiger partial charge in [-0.2, -0.15) is 5.10 Å². The number of benzene rings is 1. The summed E-state index contributed by atoms with van der Waals surface area (Å²) in [5.74, 6) is -0.909. The van der Waals surface area contributed by atoms with Crippen LogP contribution in [0.2, 0.25) is 0 Å². The van der Waals surface area contributed by atoms with E-state index in [4.69, 9.17) is 0 Å². The number of aromatic hydroxyl groups is 1. The molecule has 1 amide bonds. The van der Waals surface area contributed by atoms with Gasteiger partial charge in [0.15, 0.2) is 17.3 Å². The van der Waals surface area contributed by atoms with Gasteiger partial charge in [-0.25, -0.2) is 0 Å². The number of nitrogens with one attached hydrogen (secondary N) is 2. The molecule has 0 bridgehead atoms. The monoisotopic (exact) mass is 383 g/mol. The first-order valence-electron chi connectivity index (χ1n) is 8.61. The van der Waals surface area contributed by atoms with Gasteiger partial charge in [-0.05, 0) is 12.5 Å². The van der Waals surface area contributed by atoms with Crippen LogP contribution in [0.1, 0.15) is 29.0 Å². The lowest BCUT2D eigenvalue weighted by Crippen LogP contribution is -2.37. The molecule has 146 valence electrons. The van der Waals surface area contributed by atoms with Gasteiger partial charge in [0.2, 0.25) is 0 Å². The van der Waals surface area contributed by atoms with E-state index in [2.05, 4.69) is 15.7 Å². The van der Waals surface area contributed by atoms with E-state index >= 15 is 0 Å². The van der Waals surface area contributed by atoms with Crippen LogP contribution in [-0.4, -0.2) is 39.8 Å². The van der Waals surface area contributed by atoms with Crippen LogP contribution in [-0.2, 0) is 7.05 Å². The number of rotatable bonds is 6. The summed E-state index contributed by atoms with van der Waals surface area (Å²) in [4.78, 5) is 37.5. The van der Waals surface area contributed by atoms with Crippen molar-refractivity contribution in [3.63, 3.8) is 0 Å². The molecular weight excluding hydrogens is 362 g/mol. The lowest BCUT2D eigenvalue weighted by Gasteiger charge is -2.19. The van der Waals surface area contributed by atoms with Gasteiger partial charge in [0, 0.05) is 27.2 Å². The highest BCUT2D eigenvalue weighted by molar-refractivity contribution is 5.97. The summed E-state index contributed by atoms with van der Waals surface area (Å²) in [5.41, 5.74) is -0.324. The van der Waals surface area contributed by atoms with E-state index in [-0.39, 0.29) is 28.9 Å². The summed E-state index contributed by atoms with van der Waals surface area (Å²) in [5, 5.41) is 20.1.